The number of nitrogens with one attached hydrogen (secondary N) is 2. The van der Waals surface area contributed by atoms with Crippen molar-refractivity contribution in [3.63, 3.8) is 0 Å². The third-order valence-corrected chi connectivity index (χ3v) is 8.41. The summed E-state index contributed by atoms with van der Waals surface area (Å²) in [6.45, 7) is 6.32. The van der Waals surface area contributed by atoms with Gasteiger partial charge in [-0.05, 0) is 35.4 Å². The molecule has 2 fully saturated rings. The van der Waals surface area contributed by atoms with Crippen molar-refractivity contribution in [2.75, 3.05) is 76.3 Å². The van der Waals surface area contributed by atoms with E-state index in [-0.39, 0.29) is 47.7 Å². The zero-order chi connectivity index (χ0) is 33.0. The molecule has 0 unspecified atom stereocenters. The predicted octanol–water partition coefficient (Wildman–Crippen LogP) is 0.283. The SMILES string of the molecule is O=C(CN1CCOCC1)Nc1ccc(Cn2nnc3c2C(=O)c2nnn(Cc4ccc(NC(=O)CN5CCOCC5)cc4)c2C3=O)cc1. The molecule has 16 nitrogen and oxygen atoms in total. The molecule has 2 amide bonds. The zero-order valence-corrected chi connectivity index (χ0v) is 26.1. The van der Waals surface area contributed by atoms with Gasteiger partial charge in [-0.1, -0.05) is 34.7 Å². The number of aromatic nitrogens is 6. The largest absolute Gasteiger partial charge is 0.379 e. The standard InChI is InChI=1S/C32H34N10O6/c43-25(19-39-9-13-47-14-10-39)33-23-5-1-21(2-6-23)17-41-29-27(35-37-41)32(46)30-28(31(29)45)36-38-42(30)18-22-3-7-24(8-4-22)34-26(44)20-40-11-15-48-16-12-40/h1-8H,9-20H2,(H,33,43)(H,34,44). The summed E-state index contributed by atoms with van der Waals surface area (Å²) in [7, 11) is 0. The van der Waals surface area contributed by atoms with Crippen molar-refractivity contribution in [2.24, 2.45) is 0 Å². The average molecular weight is 655 g/mol. The summed E-state index contributed by atoms with van der Waals surface area (Å²) in [6, 6.07) is 14.4. The Labute approximate surface area is 275 Å². The van der Waals surface area contributed by atoms with Crippen LogP contribution in [0.3, 0.4) is 0 Å². The number of carbonyl (C=O) groups excluding carboxylic acids is 4. The second kappa shape index (κ2) is 13.9. The fraction of sp³-hybridized carbons (Fsp3) is 0.375. The number of carbonyl (C=O) groups is 4. The molecule has 4 aromatic rings. The van der Waals surface area contributed by atoms with Gasteiger partial charge in [-0.3, -0.25) is 29.0 Å². The van der Waals surface area contributed by atoms with E-state index in [9.17, 15) is 19.2 Å². The summed E-state index contributed by atoms with van der Waals surface area (Å²) in [6.07, 6.45) is 0. The number of anilines is 2. The van der Waals surface area contributed by atoms with E-state index in [1.807, 2.05) is 34.1 Å². The molecule has 0 saturated carbocycles. The first-order valence-corrected chi connectivity index (χ1v) is 15.8. The number of hydrogen-bond donors (Lipinski definition) is 2. The Kier molecular flexibility index (Phi) is 9.11. The number of morpholine rings is 2. The molecule has 2 aliphatic heterocycles. The highest BCUT2D eigenvalue weighted by atomic mass is 16.5. The molecule has 2 N–H and O–H groups in total. The summed E-state index contributed by atoms with van der Waals surface area (Å²) in [5.41, 5.74) is 2.89. The molecule has 0 spiro atoms. The van der Waals surface area contributed by atoms with Crippen LogP contribution in [0.25, 0.3) is 0 Å². The smallest absolute Gasteiger partial charge is 0.238 e. The molecule has 2 saturated heterocycles. The highest BCUT2D eigenvalue weighted by Gasteiger charge is 2.40. The fourth-order valence-electron chi connectivity index (χ4n) is 5.89. The molecule has 0 atom stereocenters. The fourth-order valence-corrected chi connectivity index (χ4v) is 5.89. The number of amides is 2. The van der Waals surface area contributed by atoms with Gasteiger partial charge in [0.05, 0.1) is 52.6 Å². The van der Waals surface area contributed by atoms with Crippen LogP contribution in [0.2, 0.25) is 0 Å². The first-order chi connectivity index (χ1) is 23.4. The summed E-state index contributed by atoms with van der Waals surface area (Å²) >= 11 is 0. The van der Waals surface area contributed by atoms with Crippen LogP contribution in [0.15, 0.2) is 48.5 Å². The molecule has 2 aromatic heterocycles. The van der Waals surface area contributed by atoms with Crippen LogP contribution in [0, 0.1) is 0 Å². The maximum Gasteiger partial charge on any atom is 0.238 e. The molecule has 7 rings (SSSR count). The van der Waals surface area contributed by atoms with Crippen LogP contribution < -0.4 is 10.6 Å². The lowest BCUT2D eigenvalue weighted by Gasteiger charge is -2.25. The highest BCUT2D eigenvalue weighted by Crippen LogP contribution is 2.26. The molecule has 16 heteroatoms. The Hall–Kier alpha value is -5.16. The number of fused-ring (bicyclic) bond motifs is 2. The van der Waals surface area contributed by atoms with Crippen LogP contribution in [0.5, 0.6) is 0 Å². The average Bonchev–Trinajstić information content (AvgIpc) is 3.71. The molecule has 248 valence electrons. The van der Waals surface area contributed by atoms with Gasteiger partial charge < -0.3 is 20.1 Å². The molecular formula is C32H34N10O6. The summed E-state index contributed by atoms with van der Waals surface area (Å²) in [5, 5.41) is 22.1. The first kappa shape index (κ1) is 31.4. The van der Waals surface area contributed by atoms with Crippen molar-refractivity contribution >= 4 is 34.8 Å². The minimum Gasteiger partial charge on any atom is -0.379 e. The topological polar surface area (TPSA) is 179 Å². The minimum absolute atomic E-state index is 0.0543. The van der Waals surface area contributed by atoms with Gasteiger partial charge in [-0.15, -0.1) is 10.2 Å². The van der Waals surface area contributed by atoms with Crippen LogP contribution in [0.1, 0.15) is 43.5 Å². The van der Waals surface area contributed by atoms with Crippen molar-refractivity contribution in [2.45, 2.75) is 13.1 Å². The van der Waals surface area contributed by atoms with E-state index < -0.39 is 11.6 Å². The number of rotatable bonds is 10. The maximum absolute atomic E-state index is 13.5. The van der Waals surface area contributed by atoms with Crippen molar-refractivity contribution in [1.29, 1.82) is 0 Å². The molecule has 0 radical (unpaired) electrons. The van der Waals surface area contributed by atoms with E-state index in [1.165, 1.54) is 9.36 Å². The number of benzene rings is 2. The van der Waals surface area contributed by atoms with Gasteiger partial charge in [0, 0.05) is 37.6 Å². The molecule has 2 aromatic carbocycles. The highest BCUT2D eigenvalue weighted by molar-refractivity contribution is 6.25. The summed E-state index contributed by atoms with van der Waals surface area (Å²) < 4.78 is 13.4. The predicted molar refractivity (Wildman–Crippen MR) is 170 cm³/mol. The van der Waals surface area contributed by atoms with Crippen LogP contribution >= 0.6 is 0 Å². The van der Waals surface area contributed by atoms with E-state index in [0.717, 1.165) is 37.3 Å². The van der Waals surface area contributed by atoms with Gasteiger partial charge in [0.25, 0.3) is 0 Å². The number of ketones is 2. The lowest BCUT2D eigenvalue weighted by molar-refractivity contribution is -0.119. The lowest BCUT2D eigenvalue weighted by atomic mass is 9.98. The Morgan fingerprint density at radius 3 is 1.35 bits per heavy atom. The zero-order valence-electron chi connectivity index (χ0n) is 26.1. The third kappa shape index (κ3) is 6.91. The van der Waals surface area contributed by atoms with E-state index in [1.54, 1.807) is 24.3 Å². The van der Waals surface area contributed by atoms with Gasteiger partial charge in [0.15, 0.2) is 11.4 Å². The number of nitrogens with zero attached hydrogens (tertiary/aromatic N) is 8. The van der Waals surface area contributed by atoms with Gasteiger partial charge >= 0.3 is 0 Å². The minimum atomic E-state index is -0.485. The quantitative estimate of drug-likeness (QED) is 0.211. The van der Waals surface area contributed by atoms with Gasteiger partial charge in [0.1, 0.15) is 11.4 Å². The second-order valence-corrected chi connectivity index (χ2v) is 11.8. The van der Waals surface area contributed by atoms with Crippen LogP contribution in [-0.4, -0.2) is 129 Å². The van der Waals surface area contributed by atoms with Crippen LogP contribution in [-0.2, 0) is 32.2 Å². The second-order valence-electron chi connectivity index (χ2n) is 11.8. The Bertz CT molecular complexity index is 1690. The molecule has 1 aliphatic carbocycles. The Morgan fingerprint density at radius 1 is 0.604 bits per heavy atom. The molecular weight excluding hydrogens is 620 g/mol. The van der Waals surface area contributed by atoms with Crippen molar-refractivity contribution < 1.29 is 28.7 Å². The van der Waals surface area contributed by atoms with E-state index in [0.29, 0.717) is 50.9 Å². The van der Waals surface area contributed by atoms with E-state index >= 15 is 0 Å². The van der Waals surface area contributed by atoms with Gasteiger partial charge in [0.2, 0.25) is 23.4 Å². The monoisotopic (exact) mass is 654 g/mol. The maximum atomic E-state index is 13.5. The van der Waals surface area contributed by atoms with Crippen molar-refractivity contribution in [3.05, 3.63) is 82.4 Å². The van der Waals surface area contributed by atoms with Crippen molar-refractivity contribution in [3.8, 4) is 0 Å². The lowest BCUT2D eigenvalue weighted by Crippen LogP contribution is -2.41. The number of hydrogen-bond acceptors (Lipinski definition) is 12. The first-order valence-electron chi connectivity index (χ1n) is 15.8. The molecule has 0 bridgehead atoms. The van der Waals surface area contributed by atoms with Crippen molar-refractivity contribution in [1.82, 2.24) is 39.8 Å². The Morgan fingerprint density at radius 2 is 0.979 bits per heavy atom. The number of ether oxygens (including phenoxy) is 2. The van der Waals surface area contributed by atoms with E-state index in [4.69, 9.17) is 9.47 Å². The third-order valence-electron chi connectivity index (χ3n) is 8.41. The molecule has 3 aliphatic rings. The molecule has 48 heavy (non-hydrogen) atoms. The van der Waals surface area contributed by atoms with Gasteiger partial charge in [-0.2, -0.15) is 0 Å². The Balaban J connectivity index is 0.977. The van der Waals surface area contributed by atoms with Crippen LogP contribution in [0.4, 0.5) is 11.4 Å². The normalized spacial score (nSPS) is 16.8. The molecule has 4 heterocycles. The van der Waals surface area contributed by atoms with Gasteiger partial charge in [-0.25, -0.2) is 9.36 Å². The van der Waals surface area contributed by atoms with E-state index in [2.05, 4.69) is 31.3 Å². The summed E-state index contributed by atoms with van der Waals surface area (Å²) in [5.74, 6) is -1.19. The summed E-state index contributed by atoms with van der Waals surface area (Å²) in [4.78, 5) is 56.0.